The number of carbonyl (C=O) groups is 1. The predicted molar refractivity (Wildman–Crippen MR) is 90.3 cm³/mol. The van der Waals surface area contributed by atoms with E-state index in [-0.39, 0.29) is 5.91 Å². The average Bonchev–Trinajstić information content (AvgIpc) is 2.50. The van der Waals surface area contributed by atoms with Crippen LogP contribution in [0, 0.1) is 5.92 Å². The van der Waals surface area contributed by atoms with Crippen LogP contribution in [0.1, 0.15) is 39.5 Å². The second kappa shape index (κ2) is 8.18. The van der Waals surface area contributed by atoms with Crippen LogP contribution in [0.5, 0.6) is 5.75 Å². The van der Waals surface area contributed by atoms with Crippen molar-refractivity contribution in [3.8, 4) is 5.75 Å². The quantitative estimate of drug-likeness (QED) is 0.874. The van der Waals surface area contributed by atoms with E-state index in [1.54, 1.807) is 0 Å². The van der Waals surface area contributed by atoms with E-state index in [4.69, 9.17) is 4.74 Å². The van der Waals surface area contributed by atoms with E-state index in [0.29, 0.717) is 19.2 Å². The van der Waals surface area contributed by atoms with E-state index in [9.17, 15) is 4.79 Å². The average molecular weight is 304 g/mol. The minimum atomic E-state index is 0.0466. The molecule has 0 spiro atoms. The Morgan fingerprint density at radius 1 is 1.23 bits per heavy atom. The lowest BCUT2D eigenvalue weighted by atomic mass is 9.87. The van der Waals surface area contributed by atoms with Gasteiger partial charge in [-0.3, -0.25) is 9.69 Å². The number of likely N-dealkylation sites (N-methyl/N-ethyl adjacent to an activating group) is 1. The van der Waals surface area contributed by atoms with Crippen LogP contribution in [0.15, 0.2) is 24.3 Å². The van der Waals surface area contributed by atoms with Crippen molar-refractivity contribution in [2.24, 2.45) is 5.92 Å². The summed E-state index contributed by atoms with van der Waals surface area (Å²) in [4.78, 5) is 14.3. The van der Waals surface area contributed by atoms with Crippen LogP contribution >= 0.6 is 0 Å². The van der Waals surface area contributed by atoms with Crippen LogP contribution in [-0.2, 0) is 4.79 Å². The van der Waals surface area contributed by atoms with Crippen molar-refractivity contribution in [1.29, 1.82) is 0 Å². The van der Waals surface area contributed by atoms with Gasteiger partial charge in [0, 0.05) is 11.7 Å². The fraction of sp³-hybridized carbons (Fsp3) is 0.611. The van der Waals surface area contributed by atoms with Crippen LogP contribution in [0.4, 0.5) is 5.69 Å². The first-order valence-electron chi connectivity index (χ1n) is 8.31. The fourth-order valence-electron chi connectivity index (χ4n) is 3.04. The molecular weight excluding hydrogens is 276 g/mol. The largest absolute Gasteiger partial charge is 0.494 e. The predicted octanol–water partition coefficient (Wildman–Crippen LogP) is 3.53. The zero-order chi connectivity index (χ0) is 15.9. The van der Waals surface area contributed by atoms with E-state index in [0.717, 1.165) is 17.4 Å². The summed E-state index contributed by atoms with van der Waals surface area (Å²) in [6, 6.07) is 8.06. The first kappa shape index (κ1) is 16.8. The van der Waals surface area contributed by atoms with Crippen LogP contribution < -0.4 is 10.1 Å². The Morgan fingerprint density at radius 2 is 1.86 bits per heavy atom. The molecule has 2 rings (SSSR count). The van der Waals surface area contributed by atoms with Crippen LogP contribution in [0.3, 0.4) is 0 Å². The number of nitrogens with one attached hydrogen (secondary N) is 1. The van der Waals surface area contributed by atoms with E-state index in [1.807, 2.05) is 31.2 Å². The van der Waals surface area contributed by atoms with Gasteiger partial charge in [0.2, 0.25) is 5.91 Å². The molecule has 0 aromatic heterocycles. The number of ether oxygens (including phenoxy) is 1. The summed E-state index contributed by atoms with van der Waals surface area (Å²) >= 11 is 0. The van der Waals surface area contributed by atoms with Crippen molar-refractivity contribution in [3.63, 3.8) is 0 Å². The molecule has 0 atom stereocenters. The van der Waals surface area contributed by atoms with Gasteiger partial charge in [-0.1, -0.05) is 6.92 Å². The molecule has 4 heteroatoms. The number of benzene rings is 1. The standard InChI is InChI=1S/C18H28N2O2/c1-4-22-17-11-7-15(8-12-17)19-18(21)13-20(3)16-9-5-14(2)6-10-16/h7-8,11-12,14,16H,4-6,9-10,13H2,1-3H3,(H,19,21). The van der Waals surface area contributed by atoms with Crippen molar-refractivity contribution in [3.05, 3.63) is 24.3 Å². The summed E-state index contributed by atoms with van der Waals surface area (Å²) < 4.78 is 5.40. The lowest BCUT2D eigenvalue weighted by Gasteiger charge is -2.33. The highest BCUT2D eigenvalue weighted by atomic mass is 16.5. The van der Waals surface area contributed by atoms with Gasteiger partial charge in [-0.25, -0.2) is 0 Å². The summed E-state index contributed by atoms with van der Waals surface area (Å²) in [7, 11) is 2.05. The lowest BCUT2D eigenvalue weighted by Crippen LogP contribution is -2.39. The third-order valence-electron chi connectivity index (χ3n) is 4.45. The molecule has 0 radical (unpaired) electrons. The minimum absolute atomic E-state index is 0.0466. The van der Waals surface area contributed by atoms with Gasteiger partial charge in [-0.2, -0.15) is 0 Å². The first-order chi connectivity index (χ1) is 10.6. The Balaban J connectivity index is 1.79. The van der Waals surface area contributed by atoms with E-state index < -0.39 is 0 Å². The molecule has 0 bridgehead atoms. The molecule has 122 valence electrons. The van der Waals surface area contributed by atoms with E-state index in [2.05, 4.69) is 24.2 Å². The topological polar surface area (TPSA) is 41.6 Å². The second-order valence-corrected chi connectivity index (χ2v) is 6.33. The van der Waals surface area contributed by atoms with Crippen molar-refractivity contribution >= 4 is 11.6 Å². The number of rotatable bonds is 6. The molecule has 0 heterocycles. The van der Waals surface area contributed by atoms with E-state index >= 15 is 0 Å². The molecule has 1 aromatic rings. The summed E-state index contributed by atoms with van der Waals surface area (Å²) in [5.74, 6) is 1.71. The summed E-state index contributed by atoms with van der Waals surface area (Å²) in [6.07, 6.45) is 4.95. The van der Waals surface area contributed by atoms with Crippen molar-refractivity contribution in [2.45, 2.75) is 45.6 Å². The third kappa shape index (κ3) is 5.02. The van der Waals surface area contributed by atoms with Gasteiger partial charge in [0.15, 0.2) is 0 Å². The number of anilines is 1. The highest BCUT2D eigenvalue weighted by molar-refractivity contribution is 5.92. The lowest BCUT2D eigenvalue weighted by molar-refractivity contribution is -0.117. The first-order valence-corrected chi connectivity index (χ1v) is 8.31. The molecule has 1 saturated carbocycles. The molecule has 1 aliphatic rings. The monoisotopic (exact) mass is 304 g/mol. The van der Waals surface area contributed by atoms with E-state index in [1.165, 1.54) is 25.7 Å². The molecule has 1 fully saturated rings. The summed E-state index contributed by atoms with van der Waals surface area (Å²) in [5.41, 5.74) is 0.819. The zero-order valence-electron chi connectivity index (χ0n) is 14.0. The second-order valence-electron chi connectivity index (χ2n) is 6.33. The molecular formula is C18H28N2O2. The van der Waals surface area contributed by atoms with Crippen molar-refractivity contribution in [1.82, 2.24) is 4.90 Å². The summed E-state index contributed by atoms with van der Waals surface area (Å²) in [6.45, 7) is 5.37. The van der Waals surface area contributed by atoms with Crippen LogP contribution in [0.25, 0.3) is 0 Å². The normalized spacial score (nSPS) is 21.6. The SMILES string of the molecule is CCOc1ccc(NC(=O)CN(C)C2CCC(C)CC2)cc1. The molecule has 0 unspecified atom stereocenters. The van der Waals surface area contributed by atoms with Gasteiger partial charge >= 0.3 is 0 Å². The maximum absolute atomic E-state index is 12.2. The van der Waals surface area contributed by atoms with Gasteiger partial charge in [0.05, 0.1) is 13.2 Å². The molecule has 22 heavy (non-hydrogen) atoms. The number of nitrogens with zero attached hydrogens (tertiary/aromatic N) is 1. The van der Waals surface area contributed by atoms with Crippen molar-refractivity contribution in [2.75, 3.05) is 25.5 Å². The fourth-order valence-corrected chi connectivity index (χ4v) is 3.04. The molecule has 1 N–H and O–H groups in total. The molecule has 1 amide bonds. The Morgan fingerprint density at radius 3 is 2.45 bits per heavy atom. The Labute approximate surface area is 133 Å². The zero-order valence-corrected chi connectivity index (χ0v) is 14.0. The van der Waals surface area contributed by atoms with Gasteiger partial charge in [0.25, 0.3) is 0 Å². The summed E-state index contributed by atoms with van der Waals surface area (Å²) in [5, 5.41) is 2.95. The Bertz CT molecular complexity index is 464. The van der Waals surface area contributed by atoms with Gasteiger partial charge in [-0.15, -0.1) is 0 Å². The third-order valence-corrected chi connectivity index (χ3v) is 4.45. The van der Waals surface area contributed by atoms with Crippen LogP contribution in [0.2, 0.25) is 0 Å². The Kier molecular flexibility index (Phi) is 6.25. The van der Waals surface area contributed by atoms with Gasteiger partial charge < -0.3 is 10.1 Å². The molecule has 1 aromatic carbocycles. The number of hydrogen-bond acceptors (Lipinski definition) is 3. The molecule has 0 saturated heterocycles. The van der Waals surface area contributed by atoms with Gasteiger partial charge in [0.1, 0.15) is 5.75 Å². The smallest absolute Gasteiger partial charge is 0.238 e. The van der Waals surface area contributed by atoms with Crippen LogP contribution in [-0.4, -0.2) is 37.0 Å². The maximum atomic E-state index is 12.2. The molecule has 4 nitrogen and oxygen atoms in total. The highest BCUT2D eigenvalue weighted by Gasteiger charge is 2.22. The molecule has 1 aliphatic carbocycles. The van der Waals surface area contributed by atoms with Gasteiger partial charge in [-0.05, 0) is 69.8 Å². The minimum Gasteiger partial charge on any atom is -0.494 e. The van der Waals surface area contributed by atoms with Crippen molar-refractivity contribution < 1.29 is 9.53 Å². The number of amides is 1. The number of hydrogen-bond donors (Lipinski definition) is 1. The molecule has 0 aliphatic heterocycles. The number of carbonyl (C=O) groups excluding carboxylic acids is 1. The maximum Gasteiger partial charge on any atom is 0.238 e. The Hall–Kier alpha value is -1.55. The highest BCUT2D eigenvalue weighted by Crippen LogP contribution is 2.26.